The zero-order valence-electron chi connectivity index (χ0n) is 14.7. The van der Waals surface area contributed by atoms with E-state index in [9.17, 15) is 26.3 Å². The second-order valence-corrected chi connectivity index (χ2v) is 6.14. The van der Waals surface area contributed by atoms with E-state index in [2.05, 4.69) is 15.3 Å². The Balaban J connectivity index is 1.74. The summed E-state index contributed by atoms with van der Waals surface area (Å²) in [6.45, 7) is 0. The summed E-state index contributed by atoms with van der Waals surface area (Å²) in [4.78, 5) is 0. The second-order valence-electron chi connectivity index (χ2n) is 6.14. The van der Waals surface area contributed by atoms with Crippen LogP contribution in [0.5, 0.6) is 0 Å². The van der Waals surface area contributed by atoms with Gasteiger partial charge in [0.25, 0.3) is 5.89 Å². The maximum absolute atomic E-state index is 13.7. The third-order valence-electron chi connectivity index (χ3n) is 4.15. The molecule has 0 amide bonds. The molecule has 0 fully saturated rings. The van der Waals surface area contributed by atoms with Gasteiger partial charge in [-0.25, -0.2) is 4.68 Å². The predicted molar refractivity (Wildman–Crippen MR) is 92.3 cm³/mol. The van der Waals surface area contributed by atoms with Gasteiger partial charge in [0.2, 0.25) is 5.89 Å². The molecule has 0 saturated heterocycles. The first-order valence-electron chi connectivity index (χ1n) is 8.37. The van der Waals surface area contributed by atoms with E-state index in [1.54, 1.807) is 18.2 Å². The minimum Gasteiger partial charge on any atom is -0.416 e. The maximum Gasteiger partial charge on any atom is 0.434 e. The summed E-state index contributed by atoms with van der Waals surface area (Å²) in [5.41, 5.74) is -2.13. The first-order valence-corrected chi connectivity index (χ1v) is 8.37. The smallest absolute Gasteiger partial charge is 0.416 e. The molecule has 2 aromatic heterocycles. The normalized spacial score (nSPS) is 12.3. The average molecular weight is 424 g/mol. The molecule has 0 aliphatic carbocycles. The van der Waals surface area contributed by atoms with Crippen molar-refractivity contribution in [2.45, 2.75) is 12.4 Å². The number of benzene rings is 2. The van der Waals surface area contributed by atoms with Crippen molar-refractivity contribution in [3.05, 3.63) is 72.1 Å². The zero-order chi connectivity index (χ0) is 21.5. The molecule has 0 bridgehead atoms. The Morgan fingerprint density at radius 3 is 1.97 bits per heavy atom. The van der Waals surface area contributed by atoms with Gasteiger partial charge >= 0.3 is 12.4 Å². The van der Waals surface area contributed by atoms with Gasteiger partial charge in [-0.3, -0.25) is 0 Å². The summed E-state index contributed by atoms with van der Waals surface area (Å²) in [6.07, 6.45) is -8.36. The van der Waals surface area contributed by atoms with Crippen molar-refractivity contribution in [3.8, 4) is 28.6 Å². The van der Waals surface area contributed by atoms with E-state index in [0.717, 1.165) is 30.5 Å². The predicted octanol–water partition coefficient (Wildman–Crippen LogP) is 5.63. The van der Waals surface area contributed by atoms with Crippen LogP contribution in [0.3, 0.4) is 0 Å². The lowest BCUT2D eigenvalue weighted by Crippen LogP contribution is -2.14. The fourth-order valence-electron chi connectivity index (χ4n) is 2.79. The van der Waals surface area contributed by atoms with Gasteiger partial charge in [0.15, 0.2) is 5.69 Å². The van der Waals surface area contributed by atoms with Crippen LogP contribution in [0.15, 0.2) is 65.2 Å². The molecule has 0 saturated carbocycles. The Morgan fingerprint density at radius 1 is 0.733 bits per heavy atom. The third-order valence-corrected chi connectivity index (χ3v) is 4.15. The summed E-state index contributed by atoms with van der Waals surface area (Å²) in [6, 6.07) is 11.5. The number of aromatic nitrogens is 4. The van der Waals surface area contributed by atoms with Gasteiger partial charge < -0.3 is 4.42 Å². The van der Waals surface area contributed by atoms with Crippen molar-refractivity contribution in [2.75, 3.05) is 0 Å². The number of rotatable bonds is 3. The molecule has 0 unspecified atom stereocenters. The molecule has 11 heteroatoms. The van der Waals surface area contributed by atoms with Crippen LogP contribution in [-0.4, -0.2) is 20.0 Å². The molecular weight excluding hydrogens is 414 g/mol. The average Bonchev–Trinajstić information content (AvgIpc) is 3.35. The molecule has 2 aromatic carbocycles. The number of para-hydroxylation sites is 1. The van der Waals surface area contributed by atoms with E-state index in [0.29, 0.717) is 4.68 Å². The maximum atomic E-state index is 13.7. The van der Waals surface area contributed by atoms with Crippen molar-refractivity contribution >= 4 is 0 Å². The highest BCUT2D eigenvalue weighted by Gasteiger charge is 2.40. The molecule has 0 aliphatic heterocycles. The number of hydrogen-bond donors (Lipinski definition) is 0. The topological polar surface area (TPSA) is 56.7 Å². The molecule has 2 heterocycles. The van der Waals surface area contributed by atoms with Crippen molar-refractivity contribution in [1.29, 1.82) is 0 Å². The summed E-state index contributed by atoms with van der Waals surface area (Å²) in [5, 5.41) is 11.1. The van der Waals surface area contributed by atoms with Gasteiger partial charge in [0.05, 0.1) is 23.0 Å². The molecule has 4 aromatic rings. The van der Waals surface area contributed by atoms with Crippen LogP contribution in [0.1, 0.15) is 11.3 Å². The second kappa shape index (κ2) is 7.01. The van der Waals surface area contributed by atoms with E-state index >= 15 is 0 Å². The quantitative estimate of drug-likeness (QED) is 0.400. The Hall–Kier alpha value is -3.63. The number of hydrogen-bond acceptors (Lipinski definition) is 4. The van der Waals surface area contributed by atoms with Crippen molar-refractivity contribution in [1.82, 2.24) is 20.0 Å². The Bertz CT molecular complexity index is 1160. The molecule has 0 radical (unpaired) electrons. The summed E-state index contributed by atoms with van der Waals surface area (Å²) >= 11 is 0. The molecule has 0 aliphatic rings. The lowest BCUT2D eigenvalue weighted by Gasteiger charge is -2.11. The third kappa shape index (κ3) is 3.65. The van der Waals surface area contributed by atoms with E-state index in [1.807, 2.05) is 0 Å². The van der Waals surface area contributed by atoms with Gasteiger partial charge in [0.1, 0.15) is 0 Å². The molecule has 4 rings (SSSR count). The molecule has 154 valence electrons. The van der Waals surface area contributed by atoms with E-state index in [-0.39, 0.29) is 17.1 Å². The molecule has 0 atom stereocenters. The molecule has 0 spiro atoms. The Labute approximate surface area is 164 Å². The van der Waals surface area contributed by atoms with Crippen LogP contribution in [0.25, 0.3) is 28.6 Å². The Kier molecular flexibility index (Phi) is 4.60. The number of alkyl halides is 6. The molecular formula is C19H10F6N4O. The number of nitrogens with zero attached hydrogens (tertiary/aromatic N) is 4. The minimum absolute atomic E-state index is 0.130. The summed E-state index contributed by atoms with van der Waals surface area (Å²) < 4.78 is 85.3. The SMILES string of the molecule is FC(F)(F)c1ccc(-c2nnc(-c3cnn(-c4ccccc4)c3C(F)(F)F)o2)cc1. The van der Waals surface area contributed by atoms with Gasteiger partial charge in [-0.1, -0.05) is 18.2 Å². The monoisotopic (exact) mass is 424 g/mol. The lowest BCUT2D eigenvalue weighted by atomic mass is 10.1. The first kappa shape index (κ1) is 19.7. The standard InChI is InChI=1S/C19H10F6N4O/c20-18(21,22)12-8-6-11(7-9-12)16-27-28-17(30-16)14-10-26-29(15(14)19(23,24)25)13-4-2-1-3-5-13/h1-10H. The minimum atomic E-state index is -4.79. The van der Waals surface area contributed by atoms with Gasteiger partial charge in [-0.15, -0.1) is 10.2 Å². The zero-order valence-corrected chi connectivity index (χ0v) is 14.7. The molecule has 30 heavy (non-hydrogen) atoms. The first-order chi connectivity index (χ1) is 14.1. The fraction of sp³-hybridized carbons (Fsp3) is 0.105. The van der Waals surface area contributed by atoms with Crippen LogP contribution in [0, 0.1) is 0 Å². The fourth-order valence-corrected chi connectivity index (χ4v) is 2.79. The van der Waals surface area contributed by atoms with E-state index in [4.69, 9.17) is 4.42 Å². The van der Waals surface area contributed by atoms with Crippen molar-refractivity contribution < 1.29 is 30.8 Å². The van der Waals surface area contributed by atoms with Crippen LogP contribution < -0.4 is 0 Å². The molecule has 0 N–H and O–H groups in total. The number of halogens is 6. The van der Waals surface area contributed by atoms with Crippen LogP contribution in [-0.2, 0) is 12.4 Å². The van der Waals surface area contributed by atoms with Gasteiger partial charge in [-0.05, 0) is 36.4 Å². The van der Waals surface area contributed by atoms with Crippen LogP contribution in [0.4, 0.5) is 26.3 Å². The largest absolute Gasteiger partial charge is 0.434 e. The summed E-state index contributed by atoms with van der Waals surface area (Å²) in [5.74, 6) is -0.682. The van der Waals surface area contributed by atoms with E-state index in [1.165, 1.54) is 12.1 Å². The van der Waals surface area contributed by atoms with Gasteiger partial charge in [-0.2, -0.15) is 31.4 Å². The summed E-state index contributed by atoms with van der Waals surface area (Å²) in [7, 11) is 0. The Morgan fingerprint density at radius 2 is 1.37 bits per heavy atom. The van der Waals surface area contributed by atoms with Crippen LogP contribution in [0.2, 0.25) is 0 Å². The van der Waals surface area contributed by atoms with E-state index < -0.39 is 35.1 Å². The van der Waals surface area contributed by atoms with Gasteiger partial charge in [0, 0.05) is 5.56 Å². The van der Waals surface area contributed by atoms with Crippen molar-refractivity contribution in [3.63, 3.8) is 0 Å². The van der Waals surface area contributed by atoms with Crippen molar-refractivity contribution in [2.24, 2.45) is 0 Å². The lowest BCUT2D eigenvalue weighted by molar-refractivity contribution is -0.142. The highest BCUT2D eigenvalue weighted by atomic mass is 19.4. The highest BCUT2D eigenvalue weighted by molar-refractivity contribution is 5.61. The highest BCUT2D eigenvalue weighted by Crippen LogP contribution is 2.38. The molecule has 5 nitrogen and oxygen atoms in total. The van der Waals surface area contributed by atoms with Crippen LogP contribution >= 0.6 is 0 Å².